The molecule has 4 nitrogen and oxygen atoms in total. The number of nitrogens with zero attached hydrogens (tertiary/aromatic N) is 1. The number of H-pyrrole nitrogens is 1. The lowest BCUT2D eigenvalue weighted by atomic mass is 10.1. The number of nitrogens with one attached hydrogen (secondary N) is 2. The fourth-order valence-electron chi connectivity index (χ4n) is 1.90. The summed E-state index contributed by atoms with van der Waals surface area (Å²) in [6, 6.07) is 10.4. The highest BCUT2D eigenvalue weighted by atomic mass is 16.5. The van der Waals surface area contributed by atoms with Crippen LogP contribution in [-0.4, -0.2) is 29.4 Å². The maximum Gasteiger partial charge on any atom is 0.0924 e. The van der Waals surface area contributed by atoms with Gasteiger partial charge in [0.1, 0.15) is 0 Å². The lowest BCUT2D eigenvalue weighted by molar-refractivity contribution is 0.00604. The van der Waals surface area contributed by atoms with E-state index in [9.17, 15) is 0 Å². The molecular formula is C14H17N3O. The first-order valence-electron chi connectivity index (χ1n) is 6.25. The number of benzene rings is 1. The molecule has 2 N–H and O–H groups in total. The molecule has 0 unspecified atom stereocenters. The van der Waals surface area contributed by atoms with E-state index in [2.05, 4.69) is 52.8 Å². The Balaban J connectivity index is 1.66. The van der Waals surface area contributed by atoms with E-state index in [-0.39, 0.29) is 0 Å². The first kappa shape index (κ1) is 11.4. The van der Waals surface area contributed by atoms with Crippen LogP contribution in [0.5, 0.6) is 0 Å². The van der Waals surface area contributed by atoms with Gasteiger partial charge in [-0.1, -0.05) is 29.8 Å². The normalized spacial score (nSPS) is 15.6. The molecule has 1 saturated heterocycles. The van der Waals surface area contributed by atoms with Crippen LogP contribution in [0.15, 0.2) is 30.3 Å². The Morgan fingerprint density at radius 1 is 1.28 bits per heavy atom. The number of aromatic amines is 1. The van der Waals surface area contributed by atoms with E-state index < -0.39 is 0 Å². The number of rotatable bonds is 4. The van der Waals surface area contributed by atoms with Crippen LogP contribution in [0.1, 0.15) is 11.3 Å². The summed E-state index contributed by atoms with van der Waals surface area (Å²) in [5, 5.41) is 10.5. The van der Waals surface area contributed by atoms with Crippen LogP contribution < -0.4 is 5.32 Å². The monoisotopic (exact) mass is 243 g/mol. The smallest absolute Gasteiger partial charge is 0.0924 e. The van der Waals surface area contributed by atoms with Crippen molar-refractivity contribution < 1.29 is 4.74 Å². The van der Waals surface area contributed by atoms with Crippen LogP contribution >= 0.6 is 0 Å². The second-order valence-electron chi connectivity index (χ2n) is 4.74. The quantitative estimate of drug-likeness (QED) is 0.862. The molecule has 2 aromatic rings. The zero-order valence-corrected chi connectivity index (χ0v) is 10.4. The molecule has 0 aliphatic carbocycles. The van der Waals surface area contributed by atoms with Gasteiger partial charge >= 0.3 is 0 Å². The van der Waals surface area contributed by atoms with Gasteiger partial charge in [-0.15, -0.1) is 0 Å². The number of ether oxygens (including phenoxy) is 1. The van der Waals surface area contributed by atoms with Gasteiger partial charge < -0.3 is 10.1 Å². The highest BCUT2D eigenvalue weighted by molar-refractivity contribution is 5.59. The molecule has 94 valence electrons. The van der Waals surface area contributed by atoms with Crippen LogP contribution in [0.25, 0.3) is 11.3 Å². The molecule has 4 heteroatoms. The summed E-state index contributed by atoms with van der Waals surface area (Å²) in [6.07, 6.45) is 0.358. The summed E-state index contributed by atoms with van der Waals surface area (Å²) in [7, 11) is 0. The lowest BCUT2D eigenvalue weighted by Crippen LogP contribution is -2.48. The maximum atomic E-state index is 5.70. The van der Waals surface area contributed by atoms with E-state index in [1.54, 1.807) is 0 Å². The topological polar surface area (TPSA) is 49.9 Å². The fraction of sp³-hybridized carbons (Fsp3) is 0.357. The molecule has 0 atom stereocenters. The molecule has 1 aliphatic heterocycles. The molecule has 0 radical (unpaired) electrons. The maximum absolute atomic E-state index is 5.70. The van der Waals surface area contributed by atoms with Crippen molar-refractivity contribution in [2.24, 2.45) is 0 Å². The summed E-state index contributed by atoms with van der Waals surface area (Å²) in [5.41, 5.74) is 4.39. The Hall–Kier alpha value is -1.65. The highest BCUT2D eigenvalue weighted by Crippen LogP contribution is 2.18. The van der Waals surface area contributed by atoms with Gasteiger partial charge in [-0.3, -0.25) is 5.10 Å². The first-order chi connectivity index (χ1) is 8.81. The third-order valence-corrected chi connectivity index (χ3v) is 3.20. The molecule has 18 heavy (non-hydrogen) atoms. The predicted molar refractivity (Wildman–Crippen MR) is 70.2 cm³/mol. The predicted octanol–water partition coefficient (Wildman–Crippen LogP) is 1.87. The standard InChI is InChI=1S/C14H17N3O/c1-10-2-4-11(5-3-10)14-6-12(16-17-14)9-18-13-7-15-8-13/h2-6,13,15H,7-9H2,1H3,(H,16,17). The van der Waals surface area contributed by atoms with Crippen molar-refractivity contribution in [3.63, 3.8) is 0 Å². The summed E-state index contributed by atoms with van der Waals surface area (Å²) >= 11 is 0. The van der Waals surface area contributed by atoms with Gasteiger partial charge in [0.05, 0.1) is 24.1 Å². The van der Waals surface area contributed by atoms with Crippen molar-refractivity contribution in [1.29, 1.82) is 0 Å². The zero-order chi connectivity index (χ0) is 12.4. The van der Waals surface area contributed by atoms with E-state index in [1.165, 1.54) is 5.56 Å². The summed E-state index contributed by atoms with van der Waals surface area (Å²) < 4.78 is 5.70. The number of aromatic nitrogens is 2. The fourth-order valence-corrected chi connectivity index (χ4v) is 1.90. The summed E-state index contributed by atoms with van der Waals surface area (Å²) in [6.45, 7) is 4.60. The zero-order valence-electron chi connectivity index (χ0n) is 10.4. The molecule has 1 fully saturated rings. The molecule has 1 aromatic heterocycles. The highest BCUT2D eigenvalue weighted by Gasteiger charge is 2.17. The van der Waals surface area contributed by atoms with Gasteiger partial charge in [0.25, 0.3) is 0 Å². The van der Waals surface area contributed by atoms with E-state index >= 15 is 0 Å². The Bertz CT molecular complexity index is 514. The van der Waals surface area contributed by atoms with Crippen LogP contribution in [0.2, 0.25) is 0 Å². The van der Waals surface area contributed by atoms with E-state index in [4.69, 9.17) is 4.74 Å². The van der Waals surface area contributed by atoms with Crippen molar-refractivity contribution in [3.05, 3.63) is 41.6 Å². The van der Waals surface area contributed by atoms with Gasteiger partial charge in [-0.05, 0) is 13.0 Å². The molecular weight excluding hydrogens is 226 g/mol. The third-order valence-electron chi connectivity index (χ3n) is 3.20. The largest absolute Gasteiger partial charge is 0.369 e. The van der Waals surface area contributed by atoms with Gasteiger partial charge in [0, 0.05) is 18.7 Å². The minimum absolute atomic E-state index is 0.358. The van der Waals surface area contributed by atoms with Crippen molar-refractivity contribution in [2.45, 2.75) is 19.6 Å². The van der Waals surface area contributed by atoms with Crippen LogP contribution in [0.4, 0.5) is 0 Å². The van der Waals surface area contributed by atoms with Crippen molar-refractivity contribution in [2.75, 3.05) is 13.1 Å². The lowest BCUT2D eigenvalue weighted by Gasteiger charge is -2.26. The molecule has 0 spiro atoms. The Labute approximate surface area is 106 Å². The molecule has 1 aliphatic rings. The Morgan fingerprint density at radius 3 is 2.72 bits per heavy atom. The molecule has 3 rings (SSSR count). The van der Waals surface area contributed by atoms with E-state index in [1.807, 2.05) is 0 Å². The second-order valence-corrected chi connectivity index (χ2v) is 4.74. The Morgan fingerprint density at radius 2 is 2.06 bits per heavy atom. The van der Waals surface area contributed by atoms with Crippen LogP contribution in [0, 0.1) is 6.92 Å². The number of hydrogen-bond acceptors (Lipinski definition) is 3. The van der Waals surface area contributed by atoms with Crippen molar-refractivity contribution in [3.8, 4) is 11.3 Å². The minimum atomic E-state index is 0.358. The average Bonchev–Trinajstić information content (AvgIpc) is 2.77. The minimum Gasteiger partial charge on any atom is -0.369 e. The molecule has 2 heterocycles. The van der Waals surface area contributed by atoms with E-state index in [0.717, 1.165) is 30.0 Å². The van der Waals surface area contributed by atoms with E-state index in [0.29, 0.717) is 12.7 Å². The number of aryl methyl sites for hydroxylation is 1. The van der Waals surface area contributed by atoms with Crippen LogP contribution in [-0.2, 0) is 11.3 Å². The second kappa shape index (κ2) is 4.92. The SMILES string of the molecule is Cc1ccc(-c2cc(COC3CNC3)[nH]n2)cc1. The molecule has 1 aromatic carbocycles. The first-order valence-corrected chi connectivity index (χ1v) is 6.25. The molecule has 0 saturated carbocycles. The average molecular weight is 243 g/mol. The van der Waals surface area contributed by atoms with Gasteiger partial charge in [0.15, 0.2) is 0 Å². The van der Waals surface area contributed by atoms with Gasteiger partial charge in [-0.2, -0.15) is 5.10 Å². The van der Waals surface area contributed by atoms with Gasteiger partial charge in [0.2, 0.25) is 0 Å². The summed E-state index contributed by atoms with van der Waals surface area (Å²) in [4.78, 5) is 0. The third kappa shape index (κ3) is 2.44. The summed E-state index contributed by atoms with van der Waals surface area (Å²) in [5.74, 6) is 0. The van der Waals surface area contributed by atoms with Crippen molar-refractivity contribution >= 4 is 0 Å². The molecule has 0 amide bonds. The van der Waals surface area contributed by atoms with Crippen molar-refractivity contribution in [1.82, 2.24) is 15.5 Å². The van der Waals surface area contributed by atoms with Gasteiger partial charge in [-0.25, -0.2) is 0 Å². The number of hydrogen-bond donors (Lipinski definition) is 2. The Kier molecular flexibility index (Phi) is 3.13. The molecule has 0 bridgehead atoms. The van der Waals surface area contributed by atoms with Crippen LogP contribution in [0.3, 0.4) is 0 Å².